The van der Waals surface area contributed by atoms with Crippen LogP contribution in [0.3, 0.4) is 0 Å². The van der Waals surface area contributed by atoms with Gasteiger partial charge < -0.3 is 4.90 Å². The normalized spacial score (nSPS) is 12.3. The number of halogens is 1. The largest absolute Gasteiger partial charge is 0.306 e. The fourth-order valence-corrected chi connectivity index (χ4v) is 5.28. The topological polar surface area (TPSA) is 3.24 Å². The summed E-state index contributed by atoms with van der Waals surface area (Å²) < 4.78 is 0. The van der Waals surface area contributed by atoms with Crippen LogP contribution in [-0.4, -0.2) is 25.0 Å². The van der Waals surface area contributed by atoms with Crippen LogP contribution in [0.25, 0.3) is 0 Å². The molecule has 0 aliphatic rings. The predicted octanol–water partition coefficient (Wildman–Crippen LogP) is 12.1. The van der Waals surface area contributed by atoms with E-state index >= 15 is 0 Å². The summed E-state index contributed by atoms with van der Waals surface area (Å²) in [6.45, 7) is 4.61. The van der Waals surface area contributed by atoms with Crippen LogP contribution >= 0.6 is 24.0 Å². The Morgan fingerprint density at radius 3 is 0.765 bits per heavy atom. The summed E-state index contributed by atoms with van der Waals surface area (Å²) in [5.41, 5.74) is 0. The molecule has 1 atom stereocenters. The summed E-state index contributed by atoms with van der Waals surface area (Å²) in [6, 6.07) is 0.820. The Morgan fingerprint density at radius 2 is 0.559 bits per heavy atom. The third kappa shape index (κ3) is 28.9. The fraction of sp³-hybridized carbons (Fsp3) is 1.00. The molecule has 0 aromatic rings. The summed E-state index contributed by atoms with van der Waals surface area (Å²) in [7, 11) is 4.60. The molecule has 208 valence electrons. The van der Waals surface area contributed by atoms with Crippen molar-refractivity contribution in [3.8, 4) is 0 Å². The van der Waals surface area contributed by atoms with Crippen molar-refractivity contribution in [3.05, 3.63) is 0 Å². The van der Waals surface area contributed by atoms with Crippen molar-refractivity contribution in [3.63, 3.8) is 0 Å². The van der Waals surface area contributed by atoms with E-state index < -0.39 is 0 Å². The van der Waals surface area contributed by atoms with E-state index in [1.165, 1.54) is 173 Å². The van der Waals surface area contributed by atoms with Gasteiger partial charge >= 0.3 is 0 Å². The predicted molar refractivity (Wildman–Crippen MR) is 169 cm³/mol. The molecule has 0 radical (unpaired) electrons. The van der Waals surface area contributed by atoms with E-state index in [4.69, 9.17) is 0 Å². The van der Waals surface area contributed by atoms with E-state index in [-0.39, 0.29) is 24.0 Å². The van der Waals surface area contributed by atoms with E-state index in [0.717, 1.165) is 6.04 Å². The lowest BCUT2D eigenvalue weighted by Crippen LogP contribution is -2.27. The minimum absolute atomic E-state index is 0. The number of unbranched alkanes of at least 4 members (excludes halogenated alkanes) is 23. The van der Waals surface area contributed by atoms with Crippen molar-refractivity contribution in [2.24, 2.45) is 0 Å². The summed E-state index contributed by atoms with van der Waals surface area (Å²) in [6.07, 6.45) is 39.3. The highest BCUT2D eigenvalue weighted by Crippen LogP contribution is 2.18. The SMILES string of the molecule is CCCCCCCCCCCCCCCCCC(CCCCCCCCCCCC)N(C)C.I. The Hall–Kier alpha value is 0.690. The van der Waals surface area contributed by atoms with Gasteiger partial charge in [0.2, 0.25) is 0 Å². The van der Waals surface area contributed by atoms with E-state index in [9.17, 15) is 0 Å². The van der Waals surface area contributed by atoms with Gasteiger partial charge in [0.1, 0.15) is 0 Å². The molecule has 0 spiro atoms. The van der Waals surface area contributed by atoms with Gasteiger partial charge in [0.15, 0.2) is 0 Å². The smallest absolute Gasteiger partial charge is 0.00891 e. The average Bonchev–Trinajstić information content (AvgIpc) is 2.81. The maximum absolute atomic E-state index is 2.50. The molecule has 0 heterocycles. The first-order valence-electron chi connectivity index (χ1n) is 15.9. The van der Waals surface area contributed by atoms with Gasteiger partial charge in [0, 0.05) is 6.04 Å². The molecule has 0 aliphatic carbocycles. The van der Waals surface area contributed by atoms with Gasteiger partial charge in [-0.3, -0.25) is 0 Å². The Morgan fingerprint density at radius 1 is 0.353 bits per heavy atom. The third-order valence-corrected chi connectivity index (χ3v) is 7.76. The summed E-state index contributed by atoms with van der Waals surface area (Å²) >= 11 is 0. The molecule has 0 saturated heterocycles. The van der Waals surface area contributed by atoms with Crippen LogP contribution in [0.15, 0.2) is 0 Å². The van der Waals surface area contributed by atoms with Crippen LogP contribution in [0.4, 0.5) is 0 Å². The van der Waals surface area contributed by atoms with Gasteiger partial charge in [-0.05, 0) is 26.9 Å². The molecular weight excluding hydrogens is 525 g/mol. The van der Waals surface area contributed by atoms with Crippen LogP contribution in [0, 0.1) is 0 Å². The maximum atomic E-state index is 2.50. The Balaban J connectivity index is 0. The second kappa shape index (κ2) is 31.7. The highest BCUT2D eigenvalue weighted by atomic mass is 127. The molecule has 0 aromatic heterocycles. The van der Waals surface area contributed by atoms with Crippen LogP contribution in [0.5, 0.6) is 0 Å². The average molecular weight is 594 g/mol. The molecule has 0 amide bonds. The molecule has 34 heavy (non-hydrogen) atoms. The van der Waals surface area contributed by atoms with Gasteiger partial charge in [-0.25, -0.2) is 0 Å². The van der Waals surface area contributed by atoms with Crippen molar-refractivity contribution < 1.29 is 0 Å². The van der Waals surface area contributed by atoms with Gasteiger partial charge in [0.25, 0.3) is 0 Å². The Labute approximate surface area is 235 Å². The summed E-state index contributed by atoms with van der Waals surface area (Å²) in [5.74, 6) is 0. The number of hydrogen-bond acceptors (Lipinski definition) is 1. The second-order valence-electron chi connectivity index (χ2n) is 11.3. The van der Waals surface area contributed by atoms with Gasteiger partial charge in [0.05, 0.1) is 0 Å². The van der Waals surface area contributed by atoms with Crippen LogP contribution in [0.1, 0.15) is 187 Å². The van der Waals surface area contributed by atoms with Crippen LogP contribution in [0.2, 0.25) is 0 Å². The van der Waals surface area contributed by atoms with E-state index in [2.05, 4.69) is 32.8 Å². The van der Waals surface area contributed by atoms with Crippen molar-refractivity contribution in [1.29, 1.82) is 0 Å². The fourth-order valence-electron chi connectivity index (χ4n) is 5.28. The number of rotatable bonds is 28. The lowest BCUT2D eigenvalue weighted by Gasteiger charge is -2.24. The van der Waals surface area contributed by atoms with Crippen molar-refractivity contribution in [1.82, 2.24) is 4.90 Å². The minimum Gasteiger partial charge on any atom is -0.306 e. The zero-order chi connectivity index (χ0) is 24.2. The second-order valence-corrected chi connectivity index (χ2v) is 11.3. The number of nitrogens with zero attached hydrogens (tertiary/aromatic N) is 1. The standard InChI is InChI=1S/C32H67N.HI/c1-5-7-9-11-13-15-17-18-19-20-21-23-25-27-29-31-32(33(3)4)30-28-26-24-22-16-14-12-10-8-6-2;/h32H,5-31H2,1-4H3;1H. The first-order valence-corrected chi connectivity index (χ1v) is 15.9. The lowest BCUT2D eigenvalue weighted by molar-refractivity contribution is 0.251. The molecule has 0 aromatic carbocycles. The highest BCUT2D eigenvalue weighted by Gasteiger charge is 2.10. The van der Waals surface area contributed by atoms with Crippen LogP contribution in [-0.2, 0) is 0 Å². The lowest BCUT2D eigenvalue weighted by atomic mass is 9.99. The zero-order valence-electron chi connectivity index (χ0n) is 24.5. The molecule has 0 aliphatic heterocycles. The van der Waals surface area contributed by atoms with E-state index in [1.54, 1.807) is 0 Å². The first-order chi connectivity index (χ1) is 16.2. The monoisotopic (exact) mass is 593 g/mol. The zero-order valence-corrected chi connectivity index (χ0v) is 26.9. The summed E-state index contributed by atoms with van der Waals surface area (Å²) in [5, 5.41) is 0. The molecule has 0 N–H and O–H groups in total. The Bertz CT molecular complexity index is 344. The molecule has 0 rings (SSSR count). The van der Waals surface area contributed by atoms with Crippen molar-refractivity contribution >= 4 is 24.0 Å². The molecule has 1 nitrogen and oxygen atoms in total. The molecule has 1 unspecified atom stereocenters. The molecule has 0 bridgehead atoms. The van der Waals surface area contributed by atoms with Gasteiger partial charge in [-0.1, -0.05) is 174 Å². The molecule has 0 saturated carbocycles. The molecular formula is C32H68IN. The highest BCUT2D eigenvalue weighted by molar-refractivity contribution is 14.0. The Kier molecular flexibility index (Phi) is 34.4. The van der Waals surface area contributed by atoms with Gasteiger partial charge in [-0.2, -0.15) is 0 Å². The number of hydrogen-bond donors (Lipinski definition) is 0. The summed E-state index contributed by atoms with van der Waals surface area (Å²) in [4.78, 5) is 2.50. The van der Waals surface area contributed by atoms with Gasteiger partial charge in [-0.15, -0.1) is 24.0 Å². The molecule has 0 fully saturated rings. The maximum Gasteiger partial charge on any atom is 0.00891 e. The third-order valence-electron chi connectivity index (χ3n) is 7.76. The van der Waals surface area contributed by atoms with E-state index in [1.807, 2.05) is 0 Å². The quantitative estimate of drug-likeness (QED) is 0.0644. The van der Waals surface area contributed by atoms with Crippen molar-refractivity contribution in [2.45, 2.75) is 193 Å². The van der Waals surface area contributed by atoms with E-state index in [0.29, 0.717) is 0 Å². The molecule has 2 heteroatoms. The first kappa shape index (κ1) is 36.8. The van der Waals surface area contributed by atoms with Crippen LogP contribution < -0.4 is 0 Å². The van der Waals surface area contributed by atoms with Crippen molar-refractivity contribution in [2.75, 3.05) is 14.1 Å². The minimum atomic E-state index is 0.